The molecular weight excluding hydrogens is 362 g/mol. The predicted molar refractivity (Wildman–Crippen MR) is 100 cm³/mol. The number of imidazole rings is 1. The number of nitrogens with one attached hydrogen (secondary N) is 1. The van der Waals surface area contributed by atoms with Crippen molar-refractivity contribution in [2.24, 2.45) is 0 Å². The van der Waals surface area contributed by atoms with E-state index in [1.54, 1.807) is 4.57 Å². The molecule has 1 aliphatic heterocycles. The average Bonchev–Trinajstić information content (AvgIpc) is 3.07. The highest BCUT2D eigenvalue weighted by atomic mass is 16.5. The highest BCUT2D eigenvalue weighted by molar-refractivity contribution is 6.24. The van der Waals surface area contributed by atoms with Gasteiger partial charge in [0.15, 0.2) is 0 Å². The standard InChI is InChI=1S/C20H21N3O5/c1-10-3-4-12(5-11(10)2)21-13-6-14(25)18-19(20(13)27)23-7-16(15(26)8-24)28-9-17(23)22-18/h3-6,15-16,21,24,26H,7-9H2,1-2H3/t15-,16+/m1/s1. The highest BCUT2D eigenvalue weighted by Gasteiger charge is 2.36. The van der Waals surface area contributed by atoms with Crippen molar-refractivity contribution in [2.75, 3.05) is 11.9 Å². The lowest BCUT2D eigenvalue weighted by Gasteiger charge is -2.28. The van der Waals surface area contributed by atoms with Crippen LogP contribution in [0.15, 0.2) is 30.0 Å². The smallest absolute Gasteiger partial charge is 0.228 e. The summed E-state index contributed by atoms with van der Waals surface area (Å²) in [5, 5.41) is 22.1. The number of Topliss-reactive ketones (excluding diaryl/α,β-unsaturated/α-hetero) is 1. The van der Waals surface area contributed by atoms with Crippen LogP contribution in [0.3, 0.4) is 0 Å². The summed E-state index contributed by atoms with van der Waals surface area (Å²) in [5.74, 6) is -0.248. The second kappa shape index (κ2) is 6.97. The van der Waals surface area contributed by atoms with E-state index in [-0.39, 0.29) is 41.8 Å². The van der Waals surface area contributed by atoms with Gasteiger partial charge in [0.1, 0.15) is 36.0 Å². The van der Waals surface area contributed by atoms with Crippen LogP contribution < -0.4 is 5.32 Å². The first-order valence-electron chi connectivity index (χ1n) is 9.04. The van der Waals surface area contributed by atoms with E-state index in [0.29, 0.717) is 11.5 Å². The summed E-state index contributed by atoms with van der Waals surface area (Å²) < 4.78 is 7.11. The number of hydrogen-bond acceptors (Lipinski definition) is 7. The van der Waals surface area contributed by atoms with Crippen molar-refractivity contribution in [3.05, 3.63) is 58.3 Å². The number of aromatic nitrogens is 2. The van der Waals surface area contributed by atoms with Gasteiger partial charge in [-0.2, -0.15) is 0 Å². The second-order valence-electron chi connectivity index (χ2n) is 7.11. The van der Waals surface area contributed by atoms with Crippen LogP contribution in [0.4, 0.5) is 5.69 Å². The molecule has 2 atom stereocenters. The number of nitrogens with zero attached hydrogens (tertiary/aromatic N) is 2. The Kier molecular flexibility index (Phi) is 4.62. The van der Waals surface area contributed by atoms with E-state index in [9.17, 15) is 19.8 Å². The van der Waals surface area contributed by atoms with Gasteiger partial charge in [-0.3, -0.25) is 9.59 Å². The molecule has 8 nitrogen and oxygen atoms in total. The molecule has 1 aromatic heterocycles. The fourth-order valence-electron chi connectivity index (χ4n) is 3.43. The van der Waals surface area contributed by atoms with Crippen molar-refractivity contribution in [2.45, 2.75) is 39.2 Å². The van der Waals surface area contributed by atoms with E-state index < -0.39 is 18.8 Å². The molecule has 1 aromatic carbocycles. The molecule has 28 heavy (non-hydrogen) atoms. The molecule has 0 bridgehead atoms. The first kappa shape index (κ1) is 18.5. The van der Waals surface area contributed by atoms with Crippen molar-refractivity contribution >= 4 is 17.3 Å². The summed E-state index contributed by atoms with van der Waals surface area (Å²) in [7, 11) is 0. The molecule has 0 saturated heterocycles. The van der Waals surface area contributed by atoms with Gasteiger partial charge in [0.25, 0.3) is 0 Å². The number of benzene rings is 1. The van der Waals surface area contributed by atoms with Crippen LogP contribution >= 0.6 is 0 Å². The van der Waals surface area contributed by atoms with Crippen LogP contribution in [0.5, 0.6) is 0 Å². The molecule has 2 aromatic rings. The molecule has 8 heteroatoms. The number of carbonyl (C=O) groups is 2. The quantitative estimate of drug-likeness (QED) is 0.725. The van der Waals surface area contributed by atoms with E-state index in [4.69, 9.17) is 4.74 Å². The number of ether oxygens (including phenoxy) is 1. The number of anilines is 1. The van der Waals surface area contributed by atoms with E-state index >= 15 is 0 Å². The van der Waals surface area contributed by atoms with Gasteiger partial charge < -0.3 is 24.8 Å². The second-order valence-corrected chi connectivity index (χ2v) is 7.11. The molecule has 146 valence electrons. The summed E-state index contributed by atoms with van der Waals surface area (Å²) >= 11 is 0. The minimum Gasteiger partial charge on any atom is -0.394 e. The summed E-state index contributed by atoms with van der Waals surface area (Å²) in [6.07, 6.45) is -0.496. The molecule has 0 radical (unpaired) electrons. The number of ketones is 2. The average molecular weight is 383 g/mol. The Bertz CT molecular complexity index is 1010. The lowest BCUT2D eigenvalue weighted by Crippen LogP contribution is -2.40. The van der Waals surface area contributed by atoms with Crippen LogP contribution in [0.2, 0.25) is 0 Å². The minimum absolute atomic E-state index is 0.0508. The zero-order chi connectivity index (χ0) is 20.0. The van der Waals surface area contributed by atoms with E-state index in [1.165, 1.54) is 6.08 Å². The Labute approximate surface area is 161 Å². The largest absolute Gasteiger partial charge is 0.394 e. The first-order valence-corrected chi connectivity index (χ1v) is 9.04. The Morgan fingerprint density at radius 2 is 2.11 bits per heavy atom. The van der Waals surface area contributed by atoms with Crippen LogP contribution in [-0.2, 0) is 17.9 Å². The van der Waals surface area contributed by atoms with E-state index in [1.807, 2.05) is 32.0 Å². The molecule has 0 spiro atoms. The van der Waals surface area contributed by atoms with Crippen LogP contribution in [0.1, 0.15) is 37.9 Å². The van der Waals surface area contributed by atoms with Crippen molar-refractivity contribution in [3.8, 4) is 0 Å². The SMILES string of the molecule is Cc1ccc(NC2=CC(=O)c3nc4n(c3C2=O)C[C@@H]([C@H](O)CO)OC4)cc1C. The van der Waals surface area contributed by atoms with Gasteiger partial charge in [0.05, 0.1) is 18.8 Å². The number of aliphatic hydroxyl groups excluding tert-OH is 2. The number of aliphatic hydroxyl groups is 2. The molecule has 0 unspecified atom stereocenters. The normalized spacial score (nSPS) is 19.7. The lowest BCUT2D eigenvalue weighted by molar-refractivity contribution is -0.0873. The third-order valence-electron chi connectivity index (χ3n) is 5.21. The topological polar surface area (TPSA) is 114 Å². The molecule has 0 fully saturated rings. The van der Waals surface area contributed by atoms with Crippen LogP contribution in [-0.4, -0.2) is 50.1 Å². The zero-order valence-corrected chi connectivity index (χ0v) is 15.6. The third kappa shape index (κ3) is 3.05. The molecule has 2 aliphatic rings. The monoisotopic (exact) mass is 383 g/mol. The van der Waals surface area contributed by atoms with Crippen LogP contribution in [0.25, 0.3) is 0 Å². The van der Waals surface area contributed by atoms with Gasteiger partial charge in [-0.25, -0.2) is 4.98 Å². The van der Waals surface area contributed by atoms with Crippen molar-refractivity contribution in [1.29, 1.82) is 0 Å². The maximum Gasteiger partial charge on any atom is 0.228 e. The van der Waals surface area contributed by atoms with Crippen LogP contribution in [0, 0.1) is 13.8 Å². The van der Waals surface area contributed by atoms with E-state index in [0.717, 1.165) is 11.1 Å². The number of allylic oxidation sites excluding steroid dienone is 2. The van der Waals surface area contributed by atoms with Crippen molar-refractivity contribution in [3.63, 3.8) is 0 Å². The summed E-state index contributed by atoms with van der Waals surface area (Å²) in [6, 6.07) is 5.71. The zero-order valence-electron chi connectivity index (χ0n) is 15.6. The van der Waals surface area contributed by atoms with Crippen molar-refractivity contribution < 1.29 is 24.5 Å². The Morgan fingerprint density at radius 1 is 1.32 bits per heavy atom. The number of carbonyl (C=O) groups excluding carboxylic acids is 2. The van der Waals surface area contributed by atoms with Gasteiger partial charge in [0, 0.05) is 11.8 Å². The lowest BCUT2D eigenvalue weighted by atomic mass is 10.0. The number of rotatable bonds is 4. The Hall–Kier alpha value is -2.81. The fraction of sp³-hybridized carbons (Fsp3) is 0.350. The highest BCUT2D eigenvalue weighted by Crippen LogP contribution is 2.28. The molecule has 4 rings (SSSR count). The predicted octanol–water partition coefficient (Wildman–Crippen LogP) is 1.13. The maximum absolute atomic E-state index is 13.1. The van der Waals surface area contributed by atoms with Gasteiger partial charge in [-0.05, 0) is 37.1 Å². The van der Waals surface area contributed by atoms with Gasteiger partial charge in [-0.15, -0.1) is 0 Å². The van der Waals surface area contributed by atoms with Gasteiger partial charge in [0.2, 0.25) is 11.6 Å². The van der Waals surface area contributed by atoms with Gasteiger partial charge >= 0.3 is 0 Å². The fourth-order valence-corrected chi connectivity index (χ4v) is 3.43. The number of aryl methyl sites for hydroxylation is 2. The Morgan fingerprint density at radius 3 is 2.82 bits per heavy atom. The van der Waals surface area contributed by atoms with E-state index in [2.05, 4.69) is 10.3 Å². The van der Waals surface area contributed by atoms with Gasteiger partial charge in [-0.1, -0.05) is 6.07 Å². The van der Waals surface area contributed by atoms with Crippen molar-refractivity contribution in [1.82, 2.24) is 9.55 Å². The molecule has 1 aliphatic carbocycles. The number of hydrogen-bond donors (Lipinski definition) is 3. The summed E-state index contributed by atoms with van der Waals surface area (Å²) in [6.45, 7) is 3.70. The number of fused-ring (bicyclic) bond motifs is 3. The molecule has 0 saturated carbocycles. The Balaban J connectivity index is 1.67. The maximum atomic E-state index is 13.1. The minimum atomic E-state index is -1.08. The summed E-state index contributed by atoms with van der Waals surface area (Å²) in [4.78, 5) is 29.9. The first-order chi connectivity index (χ1) is 13.4. The molecule has 2 heterocycles. The third-order valence-corrected chi connectivity index (χ3v) is 5.21. The molecule has 0 amide bonds. The molecule has 3 N–H and O–H groups in total. The summed E-state index contributed by atoms with van der Waals surface area (Å²) in [5.41, 5.74) is 3.37. The molecular formula is C20H21N3O5.